The third-order valence-electron chi connectivity index (χ3n) is 4.13. The average Bonchev–Trinajstić information content (AvgIpc) is 2.91. The van der Waals surface area contributed by atoms with Crippen molar-refractivity contribution in [1.29, 1.82) is 0 Å². The lowest BCUT2D eigenvalue weighted by molar-refractivity contribution is -0.113. The minimum Gasteiger partial charge on any atom is -0.494 e. The van der Waals surface area contributed by atoms with E-state index in [0.717, 1.165) is 42.0 Å². The first kappa shape index (κ1) is 18.1. The molecule has 1 N–H and O–H groups in total. The van der Waals surface area contributed by atoms with Gasteiger partial charge in [0.05, 0.1) is 12.3 Å². The van der Waals surface area contributed by atoms with Crippen molar-refractivity contribution in [2.45, 2.75) is 26.7 Å². The Bertz CT molecular complexity index is 826. The maximum absolute atomic E-state index is 12.7. The van der Waals surface area contributed by atoms with E-state index in [9.17, 15) is 4.79 Å². The molecular weight excluding hydrogens is 344 g/mol. The fourth-order valence-corrected chi connectivity index (χ4v) is 2.92. The van der Waals surface area contributed by atoms with Crippen LogP contribution in [0.15, 0.2) is 54.2 Å². The Morgan fingerprint density at radius 2 is 1.81 bits per heavy atom. The van der Waals surface area contributed by atoms with E-state index in [0.29, 0.717) is 10.8 Å². The molecule has 3 rings (SSSR count). The van der Waals surface area contributed by atoms with Gasteiger partial charge in [0.2, 0.25) is 0 Å². The van der Waals surface area contributed by atoms with E-state index in [4.69, 9.17) is 17.0 Å². The molecule has 1 aliphatic rings. The van der Waals surface area contributed by atoms with Gasteiger partial charge in [0, 0.05) is 0 Å². The van der Waals surface area contributed by atoms with Gasteiger partial charge in [-0.3, -0.25) is 9.69 Å². The Hall–Kier alpha value is -2.66. The molecule has 2 aromatic carbocycles. The van der Waals surface area contributed by atoms with Crippen molar-refractivity contribution in [2.24, 2.45) is 0 Å². The van der Waals surface area contributed by atoms with E-state index >= 15 is 0 Å². The van der Waals surface area contributed by atoms with Crippen LogP contribution in [0.2, 0.25) is 0 Å². The predicted octanol–water partition coefficient (Wildman–Crippen LogP) is 4.44. The van der Waals surface area contributed by atoms with Gasteiger partial charge < -0.3 is 10.1 Å². The van der Waals surface area contributed by atoms with Gasteiger partial charge in [-0.25, -0.2) is 0 Å². The van der Waals surface area contributed by atoms with Crippen molar-refractivity contribution in [3.8, 4) is 5.75 Å². The van der Waals surface area contributed by atoms with E-state index in [-0.39, 0.29) is 5.91 Å². The highest BCUT2D eigenvalue weighted by Gasteiger charge is 2.31. The molecule has 26 heavy (non-hydrogen) atoms. The molecule has 0 aliphatic carbocycles. The van der Waals surface area contributed by atoms with Gasteiger partial charge in [-0.2, -0.15) is 0 Å². The topological polar surface area (TPSA) is 41.6 Å². The number of amides is 1. The van der Waals surface area contributed by atoms with Crippen LogP contribution in [0.4, 0.5) is 5.69 Å². The van der Waals surface area contributed by atoms with Crippen LogP contribution in [-0.4, -0.2) is 17.6 Å². The van der Waals surface area contributed by atoms with Crippen LogP contribution in [0.3, 0.4) is 0 Å². The summed E-state index contributed by atoms with van der Waals surface area (Å²) in [7, 11) is 0. The lowest BCUT2D eigenvalue weighted by atomic mass is 10.1. The molecule has 1 heterocycles. The molecule has 2 aromatic rings. The molecule has 0 saturated carbocycles. The molecule has 0 bridgehead atoms. The van der Waals surface area contributed by atoms with E-state index in [1.54, 1.807) is 6.08 Å². The van der Waals surface area contributed by atoms with Crippen LogP contribution in [0.25, 0.3) is 6.08 Å². The summed E-state index contributed by atoms with van der Waals surface area (Å²) in [6, 6.07) is 15.4. The number of nitrogens with zero attached hydrogens (tertiary/aromatic N) is 1. The third kappa shape index (κ3) is 4.11. The summed E-state index contributed by atoms with van der Waals surface area (Å²) in [5.74, 6) is 0.685. The van der Waals surface area contributed by atoms with Crippen LogP contribution >= 0.6 is 12.2 Å². The first-order valence-electron chi connectivity index (χ1n) is 8.75. The van der Waals surface area contributed by atoms with Gasteiger partial charge >= 0.3 is 0 Å². The van der Waals surface area contributed by atoms with E-state index < -0.39 is 0 Å². The number of unbranched alkanes of at least 4 members (excludes halogenated alkanes) is 1. The molecule has 0 radical (unpaired) electrons. The summed E-state index contributed by atoms with van der Waals surface area (Å²) in [6.45, 7) is 4.86. The zero-order valence-corrected chi connectivity index (χ0v) is 15.8. The number of hydrogen-bond donors (Lipinski definition) is 1. The highest BCUT2D eigenvalue weighted by molar-refractivity contribution is 7.80. The summed E-state index contributed by atoms with van der Waals surface area (Å²) < 4.78 is 5.66. The van der Waals surface area contributed by atoms with Crippen molar-refractivity contribution in [3.63, 3.8) is 0 Å². The van der Waals surface area contributed by atoms with Crippen LogP contribution < -0.4 is 15.0 Å². The maximum atomic E-state index is 12.7. The molecule has 0 aromatic heterocycles. The molecule has 1 fully saturated rings. The van der Waals surface area contributed by atoms with Gasteiger partial charge in [-0.1, -0.05) is 43.2 Å². The van der Waals surface area contributed by atoms with Crippen molar-refractivity contribution < 1.29 is 9.53 Å². The number of hydrogen-bond acceptors (Lipinski definition) is 3. The number of carbonyl (C=O) groups excluding carboxylic acids is 1. The number of benzene rings is 2. The Balaban J connectivity index is 1.74. The first-order valence-corrected chi connectivity index (χ1v) is 9.16. The Morgan fingerprint density at radius 3 is 2.46 bits per heavy atom. The number of carbonyl (C=O) groups is 1. The standard InChI is InChI=1S/C21H22N2O2S/c1-3-4-13-25-18-11-7-16(8-12-18)14-19-20(24)23(21(26)22-19)17-9-5-15(2)6-10-17/h5-12,14H,3-4,13H2,1-2H3,(H,22,26)/b19-14-. The normalized spacial score (nSPS) is 15.5. The van der Waals surface area contributed by atoms with Gasteiger partial charge in [0.1, 0.15) is 11.4 Å². The highest BCUT2D eigenvalue weighted by atomic mass is 32.1. The predicted molar refractivity (Wildman–Crippen MR) is 109 cm³/mol. The van der Waals surface area contributed by atoms with Gasteiger partial charge in [-0.15, -0.1) is 0 Å². The highest BCUT2D eigenvalue weighted by Crippen LogP contribution is 2.23. The lowest BCUT2D eigenvalue weighted by Gasteiger charge is -2.13. The summed E-state index contributed by atoms with van der Waals surface area (Å²) in [5, 5.41) is 3.40. The van der Waals surface area contributed by atoms with E-state index in [2.05, 4.69) is 12.2 Å². The molecule has 5 heteroatoms. The summed E-state index contributed by atoms with van der Waals surface area (Å²) in [6.07, 6.45) is 3.95. The molecule has 0 atom stereocenters. The second-order valence-corrected chi connectivity index (χ2v) is 6.62. The van der Waals surface area contributed by atoms with Crippen molar-refractivity contribution in [2.75, 3.05) is 11.5 Å². The largest absolute Gasteiger partial charge is 0.494 e. The first-order chi connectivity index (χ1) is 12.6. The number of aryl methyl sites for hydroxylation is 1. The second kappa shape index (κ2) is 8.15. The molecule has 1 saturated heterocycles. The molecule has 0 spiro atoms. The zero-order valence-electron chi connectivity index (χ0n) is 15.0. The third-order valence-corrected chi connectivity index (χ3v) is 4.41. The molecular formula is C21H22N2O2S. The van der Waals surface area contributed by atoms with Crippen molar-refractivity contribution in [3.05, 3.63) is 65.4 Å². The lowest BCUT2D eigenvalue weighted by Crippen LogP contribution is -2.30. The van der Waals surface area contributed by atoms with Crippen molar-refractivity contribution >= 4 is 35.0 Å². The average molecular weight is 366 g/mol. The minimum absolute atomic E-state index is 0.151. The number of ether oxygens (including phenoxy) is 1. The van der Waals surface area contributed by atoms with E-state index in [1.165, 1.54) is 4.90 Å². The Labute approximate surface area is 159 Å². The monoisotopic (exact) mass is 366 g/mol. The molecule has 134 valence electrons. The number of nitrogens with one attached hydrogen (secondary N) is 1. The number of anilines is 1. The van der Waals surface area contributed by atoms with Crippen LogP contribution in [0, 0.1) is 6.92 Å². The molecule has 1 aliphatic heterocycles. The number of thiocarbonyl (C=S) groups is 1. The van der Waals surface area contributed by atoms with Crippen LogP contribution in [0.1, 0.15) is 30.9 Å². The van der Waals surface area contributed by atoms with Gasteiger partial charge in [0.25, 0.3) is 5.91 Å². The summed E-state index contributed by atoms with van der Waals surface area (Å²) in [4.78, 5) is 14.2. The summed E-state index contributed by atoms with van der Waals surface area (Å²) in [5.41, 5.74) is 3.28. The fraction of sp³-hybridized carbons (Fsp3) is 0.238. The smallest absolute Gasteiger partial charge is 0.281 e. The molecule has 4 nitrogen and oxygen atoms in total. The number of rotatable bonds is 6. The Morgan fingerprint density at radius 1 is 1.12 bits per heavy atom. The zero-order chi connectivity index (χ0) is 18.5. The van der Waals surface area contributed by atoms with Crippen LogP contribution in [-0.2, 0) is 4.79 Å². The molecule has 1 amide bonds. The van der Waals surface area contributed by atoms with E-state index in [1.807, 2.05) is 55.5 Å². The van der Waals surface area contributed by atoms with Crippen molar-refractivity contribution in [1.82, 2.24) is 5.32 Å². The van der Waals surface area contributed by atoms with Gasteiger partial charge in [-0.05, 0) is 61.5 Å². The van der Waals surface area contributed by atoms with Crippen LogP contribution in [0.5, 0.6) is 5.75 Å². The second-order valence-electron chi connectivity index (χ2n) is 6.24. The fourth-order valence-electron chi connectivity index (χ4n) is 2.62. The summed E-state index contributed by atoms with van der Waals surface area (Å²) >= 11 is 5.34. The maximum Gasteiger partial charge on any atom is 0.281 e. The van der Waals surface area contributed by atoms with Gasteiger partial charge in [0.15, 0.2) is 5.11 Å². The molecule has 0 unspecified atom stereocenters. The minimum atomic E-state index is -0.151. The Kier molecular flexibility index (Phi) is 5.68. The SMILES string of the molecule is CCCCOc1ccc(/C=C2\NC(=S)N(c3ccc(C)cc3)C2=O)cc1. The quantitative estimate of drug-likeness (QED) is 0.466.